The topological polar surface area (TPSA) is 108 Å². The van der Waals surface area contributed by atoms with Crippen LogP contribution in [0.5, 0.6) is 0 Å². The highest BCUT2D eigenvalue weighted by Gasteiger charge is 2.35. The Morgan fingerprint density at radius 2 is 1.88 bits per heavy atom. The maximum absolute atomic E-state index is 12.7. The van der Waals surface area contributed by atoms with Crippen LogP contribution in [-0.2, 0) is 16.0 Å². The maximum atomic E-state index is 12.7. The lowest BCUT2D eigenvalue weighted by Crippen LogP contribution is -2.35. The molecule has 1 aromatic heterocycles. The van der Waals surface area contributed by atoms with Crippen molar-refractivity contribution in [1.82, 2.24) is 5.01 Å². The first-order chi connectivity index (χ1) is 16.5. The van der Waals surface area contributed by atoms with Gasteiger partial charge in [-0.3, -0.25) is 10.2 Å². The van der Waals surface area contributed by atoms with E-state index in [1.807, 2.05) is 30.3 Å². The van der Waals surface area contributed by atoms with Crippen LogP contribution in [0.4, 0.5) is 0 Å². The van der Waals surface area contributed by atoms with Gasteiger partial charge in [0.15, 0.2) is 5.84 Å². The third-order valence-electron chi connectivity index (χ3n) is 5.20. The molecule has 0 radical (unpaired) electrons. The van der Waals surface area contributed by atoms with Crippen LogP contribution in [0.2, 0.25) is 0 Å². The Morgan fingerprint density at radius 1 is 1.12 bits per heavy atom. The van der Waals surface area contributed by atoms with Crippen molar-refractivity contribution in [3.8, 4) is 11.3 Å². The Labute approximate surface area is 199 Å². The van der Waals surface area contributed by atoms with Crippen molar-refractivity contribution in [2.24, 2.45) is 10.1 Å². The van der Waals surface area contributed by atoms with Gasteiger partial charge in [0.2, 0.25) is 5.17 Å². The second-order valence-electron chi connectivity index (χ2n) is 7.45. The molecule has 9 heteroatoms. The molecule has 2 aromatic carbocycles. The molecule has 2 aliphatic rings. The number of esters is 1. The second-order valence-corrected chi connectivity index (χ2v) is 8.49. The summed E-state index contributed by atoms with van der Waals surface area (Å²) in [7, 11) is 1.33. The summed E-state index contributed by atoms with van der Waals surface area (Å²) < 4.78 is 10.6. The minimum Gasteiger partial charge on any atom is -0.465 e. The van der Waals surface area contributed by atoms with Crippen LogP contribution in [0.1, 0.15) is 21.7 Å². The fourth-order valence-corrected chi connectivity index (χ4v) is 4.41. The van der Waals surface area contributed by atoms with Gasteiger partial charge >= 0.3 is 5.97 Å². The number of nitrogens with zero attached hydrogens (tertiary/aromatic N) is 3. The smallest absolute Gasteiger partial charge is 0.337 e. The highest BCUT2D eigenvalue weighted by Crippen LogP contribution is 2.30. The number of nitrogens with one attached hydrogen (secondary N) is 1. The van der Waals surface area contributed by atoms with Gasteiger partial charge in [0, 0.05) is 12.0 Å². The van der Waals surface area contributed by atoms with Gasteiger partial charge in [-0.25, -0.2) is 4.79 Å². The predicted octanol–water partition coefficient (Wildman–Crippen LogP) is 4.60. The number of hydrogen-bond donors (Lipinski definition) is 1. The molecule has 2 aliphatic heterocycles. The molecule has 1 N–H and O–H groups in total. The fourth-order valence-electron chi connectivity index (χ4n) is 3.49. The highest BCUT2D eigenvalue weighted by atomic mass is 32.2. The molecule has 168 valence electrons. The number of fused-ring (bicyclic) bond motifs is 1. The molecule has 0 saturated heterocycles. The summed E-state index contributed by atoms with van der Waals surface area (Å²) in [5, 5.41) is 15.5. The summed E-state index contributed by atoms with van der Waals surface area (Å²) in [6.07, 6.45) is 2.09. The third kappa shape index (κ3) is 4.20. The fraction of sp³-hybridized carbons (Fsp3) is 0.0800. The lowest BCUT2D eigenvalue weighted by atomic mass is 10.1. The molecule has 34 heavy (non-hydrogen) atoms. The van der Waals surface area contributed by atoms with Crippen molar-refractivity contribution in [3.63, 3.8) is 0 Å². The van der Waals surface area contributed by atoms with Crippen molar-refractivity contribution in [3.05, 3.63) is 89.2 Å². The average molecular weight is 471 g/mol. The molecule has 0 unspecified atom stereocenters. The van der Waals surface area contributed by atoms with Gasteiger partial charge < -0.3 is 9.15 Å². The van der Waals surface area contributed by atoms with Gasteiger partial charge in [-0.15, -0.1) is 0 Å². The summed E-state index contributed by atoms with van der Waals surface area (Å²) >= 11 is 1.29. The molecule has 0 spiro atoms. The zero-order valence-corrected chi connectivity index (χ0v) is 18.8. The highest BCUT2D eigenvalue weighted by molar-refractivity contribution is 8.26. The first-order valence-electron chi connectivity index (χ1n) is 10.3. The van der Waals surface area contributed by atoms with E-state index in [2.05, 4.69) is 10.1 Å². The molecular formula is C25H18N4O4S. The maximum Gasteiger partial charge on any atom is 0.337 e. The SMILES string of the molecule is COC(=O)c1ccc(-c2ccc(/C=C3/C(=N)N4N=C(Cc5ccccc5)SC4=NC3=O)o2)cc1. The molecule has 0 fully saturated rings. The van der Waals surface area contributed by atoms with Gasteiger partial charge in [-0.1, -0.05) is 42.5 Å². The van der Waals surface area contributed by atoms with Crippen molar-refractivity contribution < 1.29 is 18.7 Å². The van der Waals surface area contributed by atoms with E-state index in [9.17, 15) is 9.59 Å². The van der Waals surface area contributed by atoms with Crippen LogP contribution in [0.3, 0.4) is 0 Å². The summed E-state index contributed by atoms with van der Waals surface area (Å²) in [4.78, 5) is 28.4. The number of thioether (sulfide) groups is 1. The number of hydrogen-bond acceptors (Lipinski definition) is 7. The minimum atomic E-state index is -0.514. The summed E-state index contributed by atoms with van der Waals surface area (Å²) in [6, 6.07) is 20.1. The van der Waals surface area contributed by atoms with E-state index in [0.29, 0.717) is 28.7 Å². The number of furan rings is 1. The molecule has 0 aliphatic carbocycles. The Balaban J connectivity index is 1.36. The molecule has 8 nitrogen and oxygen atoms in total. The molecule has 0 bridgehead atoms. The van der Waals surface area contributed by atoms with E-state index >= 15 is 0 Å². The standard InChI is InChI=1S/C25H18N4O4S/c1-32-24(31)17-9-7-16(8-10-17)20-12-11-18(33-20)14-19-22(26)29-25(27-23(19)30)34-21(28-29)13-15-5-3-2-4-6-15/h2-12,14,26H,13H2,1H3/b19-14-,26-22?. The number of aliphatic imine (C=N–C) groups is 1. The van der Waals surface area contributed by atoms with Crippen LogP contribution in [-0.4, -0.2) is 40.0 Å². The number of benzene rings is 2. The first kappa shape index (κ1) is 21.6. The molecule has 1 amide bonds. The number of methoxy groups -OCH3 is 1. The van der Waals surface area contributed by atoms with Crippen LogP contribution in [0.15, 0.2) is 86.8 Å². The quantitative estimate of drug-likeness (QED) is 0.431. The van der Waals surface area contributed by atoms with Crippen LogP contribution in [0, 0.1) is 5.41 Å². The summed E-state index contributed by atoms with van der Waals surface area (Å²) in [5.41, 5.74) is 2.38. The van der Waals surface area contributed by atoms with E-state index in [-0.39, 0.29) is 11.4 Å². The Kier molecular flexibility index (Phi) is 5.69. The van der Waals surface area contributed by atoms with E-state index in [1.165, 1.54) is 30.0 Å². The zero-order chi connectivity index (χ0) is 23.7. The minimum absolute atomic E-state index is 0.0501. The third-order valence-corrected chi connectivity index (χ3v) is 6.11. The Bertz CT molecular complexity index is 1390. The van der Waals surface area contributed by atoms with Gasteiger partial charge in [0.25, 0.3) is 5.91 Å². The van der Waals surface area contributed by atoms with Gasteiger partial charge in [-0.05, 0) is 47.7 Å². The number of amidine groups is 2. The summed E-state index contributed by atoms with van der Waals surface area (Å²) in [6.45, 7) is 0. The molecule has 0 saturated carbocycles. The molecule has 0 atom stereocenters. The number of carbonyl (C=O) groups is 2. The monoisotopic (exact) mass is 470 g/mol. The largest absolute Gasteiger partial charge is 0.465 e. The van der Waals surface area contributed by atoms with E-state index in [1.54, 1.807) is 36.4 Å². The number of carbonyl (C=O) groups excluding carboxylic acids is 2. The zero-order valence-electron chi connectivity index (χ0n) is 18.0. The van der Waals surface area contributed by atoms with Gasteiger partial charge in [0.05, 0.1) is 18.2 Å². The number of amides is 1. The van der Waals surface area contributed by atoms with E-state index < -0.39 is 11.9 Å². The van der Waals surface area contributed by atoms with Gasteiger partial charge in [-0.2, -0.15) is 15.1 Å². The van der Waals surface area contributed by atoms with Crippen LogP contribution >= 0.6 is 11.8 Å². The van der Waals surface area contributed by atoms with E-state index in [4.69, 9.17) is 14.6 Å². The van der Waals surface area contributed by atoms with Crippen molar-refractivity contribution in [1.29, 1.82) is 5.41 Å². The van der Waals surface area contributed by atoms with Crippen molar-refractivity contribution in [2.45, 2.75) is 6.42 Å². The predicted molar refractivity (Wildman–Crippen MR) is 131 cm³/mol. The Hall–Kier alpha value is -4.24. The first-order valence-corrected chi connectivity index (χ1v) is 11.1. The molecule has 3 heterocycles. The molecule has 5 rings (SSSR count). The number of hydrazone groups is 1. The lowest BCUT2D eigenvalue weighted by Gasteiger charge is -2.19. The van der Waals surface area contributed by atoms with E-state index in [0.717, 1.165) is 16.2 Å². The number of ether oxygens (including phenoxy) is 1. The Morgan fingerprint density at radius 3 is 2.62 bits per heavy atom. The van der Waals surface area contributed by atoms with Crippen LogP contribution in [0.25, 0.3) is 17.4 Å². The van der Waals surface area contributed by atoms with Crippen molar-refractivity contribution in [2.75, 3.05) is 7.11 Å². The molecule has 3 aromatic rings. The van der Waals surface area contributed by atoms with Crippen LogP contribution < -0.4 is 0 Å². The van der Waals surface area contributed by atoms with Gasteiger partial charge in [0.1, 0.15) is 16.6 Å². The lowest BCUT2D eigenvalue weighted by molar-refractivity contribution is -0.114. The number of rotatable bonds is 5. The molecular weight excluding hydrogens is 452 g/mol. The second kappa shape index (κ2) is 8.95. The average Bonchev–Trinajstić information content (AvgIpc) is 3.49. The summed E-state index contributed by atoms with van der Waals surface area (Å²) in [5.74, 6) is -0.0205. The van der Waals surface area contributed by atoms with Crippen molar-refractivity contribution >= 4 is 45.8 Å². The normalized spacial score (nSPS) is 16.4.